The largest absolute Gasteiger partial charge is 0.351 e. The summed E-state index contributed by atoms with van der Waals surface area (Å²) in [5, 5.41) is 5.83. The van der Waals surface area contributed by atoms with Gasteiger partial charge in [0.1, 0.15) is 5.82 Å². The van der Waals surface area contributed by atoms with Crippen LogP contribution < -0.4 is 10.6 Å². The van der Waals surface area contributed by atoms with Crippen molar-refractivity contribution in [2.75, 3.05) is 19.6 Å². The van der Waals surface area contributed by atoms with Crippen molar-refractivity contribution in [2.24, 2.45) is 0 Å². The lowest BCUT2D eigenvalue weighted by Gasteiger charge is -2.06. The minimum Gasteiger partial charge on any atom is -0.351 e. The van der Waals surface area contributed by atoms with Gasteiger partial charge in [0, 0.05) is 18.7 Å². The summed E-state index contributed by atoms with van der Waals surface area (Å²) in [6, 6.07) is 4.20. The predicted octanol–water partition coefficient (Wildman–Crippen LogP) is 2.35. The fraction of sp³-hybridized carbons (Fsp3) is 0.364. The Morgan fingerprint density at radius 2 is 2.12 bits per heavy atom. The summed E-state index contributed by atoms with van der Waals surface area (Å²) in [6.07, 6.45) is 0. The molecule has 0 bridgehead atoms. The molecule has 1 rings (SSSR count). The lowest BCUT2D eigenvalue weighted by molar-refractivity contribution is 0.0954. The SMILES string of the molecule is CCNCCNC(=O)c1ccc(F)c(Br)c1.Cl. The molecule has 0 aromatic heterocycles. The van der Waals surface area contributed by atoms with Crippen LogP contribution in [-0.2, 0) is 0 Å². The third-order valence-electron chi connectivity index (χ3n) is 2.02. The first kappa shape index (κ1) is 16.4. The van der Waals surface area contributed by atoms with Crippen molar-refractivity contribution in [3.63, 3.8) is 0 Å². The number of carbonyl (C=O) groups excluding carboxylic acids is 1. The van der Waals surface area contributed by atoms with Crippen LogP contribution in [0.3, 0.4) is 0 Å². The molecule has 1 amide bonds. The zero-order chi connectivity index (χ0) is 12.0. The Balaban J connectivity index is 0.00000256. The van der Waals surface area contributed by atoms with Crippen molar-refractivity contribution in [1.29, 1.82) is 0 Å². The van der Waals surface area contributed by atoms with Crippen LogP contribution in [-0.4, -0.2) is 25.5 Å². The number of carbonyl (C=O) groups is 1. The average Bonchev–Trinajstić information content (AvgIpc) is 2.28. The summed E-state index contributed by atoms with van der Waals surface area (Å²) in [5.41, 5.74) is 0.449. The van der Waals surface area contributed by atoms with E-state index in [1.165, 1.54) is 18.2 Å². The Morgan fingerprint density at radius 1 is 1.41 bits per heavy atom. The second-order valence-corrected chi connectivity index (χ2v) is 4.09. The zero-order valence-electron chi connectivity index (χ0n) is 9.43. The molecule has 0 aliphatic carbocycles. The van der Waals surface area contributed by atoms with E-state index in [9.17, 15) is 9.18 Å². The van der Waals surface area contributed by atoms with Crippen LogP contribution in [0.4, 0.5) is 4.39 Å². The second-order valence-electron chi connectivity index (χ2n) is 3.24. The first-order chi connectivity index (χ1) is 7.65. The molecule has 6 heteroatoms. The molecule has 0 saturated carbocycles. The van der Waals surface area contributed by atoms with Gasteiger partial charge in [-0.05, 0) is 40.7 Å². The van der Waals surface area contributed by atoms with Gasteiger partial charge in [-0.2, -0.15) is 0 Å². The molecule has 1 aromatic carbocycles. The molecule has 0 fully saturated rings. The van der Waals surface area contributed by atoms with Gasteiger partial charge < -0.3 is 10.6 Å². The normalized spacial score (nSPS) is 9.59. The minimum absolute atomic E-state index is 0. The highest BCUT2D eigenvalue weighted by Crippen LogP contribution is 2.16. The topological polar surface area (TPSA) is 41.1 Å². The van der Waals surface area contributed by atoms with E-state index >= 15 is 0 Å². The molecule has 3 nitrogen and oxygen atoms in total. The Bertz CT molecular complexity index is 376. The standard InChI is InChI=1S/C11H14BrFN2O.ClH/c1-2-14-5-6-15-11(16)8-3-4-10(13)9(12)7-8;/h3-4,7,14H,2,5-6H2,1H3,(H,15,16);1H. The van der Waals surface area contributed by atoms with Gasteiger partial charge in [0.25, 0.3) is 5.91 Å². The summed E-state index contributed by atoms with van der Waals surface area (Å²) in [5.74, 6) is -0.567. The summed E-state index contributed by atoms with van der Waals surface area (Å²) in [4.78, 5) is 11.6. The van der Waals surface area contributed by atoms with Gasteiger partial charge in [0.15, 0.2) is 0 Å². The van der Waals surface area contributed by atoms with Gasteiger partial charge in [-0.15, -0.1) is 12.4 Å². The van der Waals surface area contributed by atoms with Crippen LogP contribution in [0.5, 0.6) is 0 Å². The number of halogens is 3. The average molecular weight is 326 g/mol. The maximum atomic E-state index is 12.9. The molecule has 17 heavy (non-hydrogen) atoms. The van der Waals surface area contributed by atoms with Crippen molar-refractivity contribution in [2.45, 2.75) is 6.92 Å². The molecule has 96 valence electrons. The molecule has 2 N–H and O–H groups in total. The van der Waals surface area contributed by atoms with Gasteiger partial charge in [-0.3, -0.25) is 4.79 Å². The molecule has 0 aliphatic rings. The predicted molar refractivity (Wildman–Crippen MR) is 72.2 cm³/mol. The van der Waals surface area contributed by atoms with Crippen LogP contribution in [0, 0.1) is 5.82 Å². The fourth-order valence-corrected chi connectivity index (χ4v) is 1.56. The highest BCUT2D eigenvalue weighted by Gasteiger charge is 2.07. The molecule has 0 spiro atoms. The van der Waals surface area contributed by atoms with E-state index in [0.29, 0.717) is 16.6 Å². The Kier molecular flexibility index (Phi) is 8.12. The van der Waals surface area contributed by atoms with Crippen LogP contribution in [0.15, 0.2) is 22.7 Å². The van der Waals surface area contributed by atoms with Gasteiger partial charge in [-0.25, -0.2) is 4.39 Å². The summed E-state index contributed by atoms with van der Waals surface area (Å²) >= 11 is 3.04. The van der Waals surface area contributed by atoms with Crippen molar-refractivity contribution in [1.82, 2.24) is 10.6 Å². The van der Waals surface area contributed by atoms with Crippen molar-refractivity contribution in [3.8, 4) is 0 Å². The molecule has 0 atom stereocenters. The molecule has 0 unspecified atom stereocenters. The fourth-order valence-electron chi connectivity index (χ4n) is 1.18. The zero-order valence-corrected chi connectivity index (χ0v) is 11.8. The van der Waals surface area contributed by atoms with Crippen LogP contribution in [0.2, 0.25) is 0 Å². The van der Waals surface area contributed by atoms with Crippen molar-refractivity contribution < 1.29 is 9.18 Å². The Morgan fingerprint density at radius 3 is 2.71 bits per heavy atom. The molecule has 0 radical (unpaired) electrons. The minimum atomic E-state index is -0.371. The molecular formula is C11H15BrClFN2O. The Hall–Kier alpha value is -0.650. The highest BCUT2D eigenvalue weighted by molar-refractivity contribution is 9.10. The monoisotopic (exact) mass is 324 g/mol. The second kappa shape index (κ2) is 8.44. The van der Waals surface area contributed by atoms with E-state index in [4.69, 9.17) is 0 Å². The lowest BCUT2D eigenvalue weighted by atomic mass is 10.2. The lowest BCUT2D eigenvalue weighted by Crippen LogP contribution is -2.31. The number of hydrogen-bond donors (Lipinski definition) is 2. The van der Waals surface area contributed by atoms with Gasteiger partial charge in [0.2, 0.25) is 0 Å². The van der Waals surface area contributed by atoms with Crippen molar-refractivity contribution >= 4 is 34.2 Å². The van der Waals surface area contributed by atoms with E-state index < -0.39 is 0 Å². The van der Waals surface area contributed by atoms with Gasteiger partial charge in [-0.1, -0.05) is 6.92 Å². The third kappa shape index (κ3) is 5.48. The number of likely N-dealkylation sites (N-methyl/N-ethyl adjacent to an activating group) is 1. The number of rotatable bonds is 5. The van der Waals surface area contributed by atoms with E-state index in [0.717, 1.165) is 13.1 Å². The quantitative estimate of drug-likeness (QED) is 0.816. The number of benzene rings is 1. The molecular weight excluding hydrogens is 310 g/mol. The van der Waals surface area contributed by atoms with Crippen LogP contribution in [0.25, 0.3) is 0 Å². The van der Waals surface area contributed by atoms with Crippen LogP contribution in [0.1, 0.15) is 17.3 Å². The number of hydrogen-bond acceptors (Lipinski definition) is 2. The summed E-state index contributed by atoms with van der Waals surface area (Å²) < 4.78 is 13.2. The highest BCUT2D eigenvalue weighted by atomic mass is 79.9. The molecule has 0 heterocycles. The smallest absolute Gasteiger partial charge is 0.251 e. The molecule has 1 aromatic rings. The first-order valence-corrected chi connectivity index (χ1v) is 5.88. The third-order valence-corrected chi connectivity index (χ3v) is 2.63. The maximum Gasteiger partial charge on any atom is 0.251 e. The van der Waals surface area contributed by atoms with E-state index in [1.807, 2.05) is 6.92 Å². The van der Waals surface area contributed by atoms with E-state index in [1.54, 1.807) is 0 Å². The maximum absolute atomic E-state index is 12.9. The van der Waals surface area contributed by atoms with Crippen LogP contribution >= 0.6 is 28.3 Å². The van der Waals surface area contributed by atoms with E-state index in [-0.39, 0.29) is 24.1 Å². The van der Waals surface area contributed by atoms with Crippen molar-refractivity contribution in [3.05, 3.63) is 34.1 Å². The first-order valence-electron chi connectivity index (χ1n) is 5.09. The number of nitrogens with one attached hydrogen (secondary N) is 2. The van der Waals surface area contributed by atoms with Gasteiger partial charge in [0.05, 0.1) is 4.47 Å². The summed E-state index contributed by atoms with van der Waals surface area (Å²) in [6.45, 7) is 4.16. The molecule has 0 aliphatic heterocycles. The molecule has 0 saturated heterocycles. The Labute approximate surface area is 115 Å². The van der Waals surface area contributed by atoms with Gasteiger partial charge >= 0.3 is 0 Å². The summed E-state index contributed by atoms with van der Waals surface area (Å²) in [7, 11) is 0. The number of amides is 1. The van der Waals surface area contributed by atoms with E-state index in [2.05, 4.69) is 26.6 Å².